The lowest BCUT2D eigenvalue weighted by Crippen LogP contribution is -2.45. The molecule has 0 radical (unpaired) electrons. The number of nitrogens with zero attached hydrogens (tertiary/aromatic N) is 7. The Labute approximate surface area is 433 Å². The molecule has 75 heavy (non-hydrogen) atoms. The van der Waals surface area contributed by atoms with Crippen LogP contribution in [-0.2, 0) is 48.3 Å². The number of rotatable bonds is 24. The van der Waals surface area contributed by atoms with Gasteiger partial charge in [-0.05, 0) is 104 Å². The van der Waals surface area contributed by atoms with Crippen molar-refractivity contribution in [3.8, 4) is 22.6 Å². The molecule has 1 aliphatic carbocycles. The number of aryl methyl sites for hydroxylation is 2. The second kappa shape index (κ2) is 24.4. The summed E-state index contributed by atoms with van der Waals surface area (Å²) in [7, 11) is 0. The number of primary amides is 1. The maximum Gasteiger partial charge on any atom is 0.411 e. The van der Waals surface area contributed by atoms with E-state index >= 15 is 0 Å². The Morgan fingerprint density at radius 3 is 2.45 bits per heavy atom. The number of Topliss-reactive ketones (excluding diaryl/α,β-unsaturated/α-hetero) is 1. The Bertz CT molecular complexity index is 3070. The number of amides is 7. The predicted octanol–water partition coefficient (Wildman–Crippen LogP) is 6.90. The number of imide groups is 1. The molecule has 8 rings (SSSR count). The van der Waals surface area contributed by atoms with E-state index in [1.807, 2.05) is 75.5 Å². The Kier molecular flexibility index (Phi) is 17.2. The quantitative estimate of drug-likeness (QED) is 0.0306. The highest BCUT2D eigenvalue weighted by Gasteiger charge is 2.34. The molecule has 6 N–H and O–H groups in total. The first-order chi connectivity index (χ1) is 36.2. The number of urea groups is 1. The van der Waals surface area contributed by atoms with Gasteiger partial charge in [0.05, 0.1) is 35.7 Å². The third-order valence-electron chi connectivity index (χ3n) is 13.4. The van der Waals surface area contributed by atoms with Crippen LogP contribution >= 0.6 is 0 Å². The number of aromatic amines is 1. The average molecular weight is 1020 g/mol. The molecular formula is C55H62N12O8. The molecule has 390 valence electrons. The van der Waals surface area contributed by atoms with Gasteiger partial charge in [0, 0.05) is 67.1 Å². The molecule has 1 unspecified atom stereocenters. The number of ether oxygens (including phenoxy) is 1. The molecule has 2 aromatic carbocycles. The van der Waals surface area contributed by atoms with Crippen molar-refractivity contribution in [3.05, 3.63) is 132 Å². The number of nitrogens with two attached hydrogens (primary N) is 1. The van der Waals surface area contributed by atoms with Crippen molar-refractivity contribution in [3.63, 3.8) is 0 Å². The molecule has 0 saturated carbocycles. The molecule has 20 heteroatoms. The van der Waals surface area contributed by atoms with Gasteiger partial charge in [-0.15, -0.1) is 0 Å². The van der Waals surface area contributed by atoms with Crippen molar-refractivity contribution in [1.82, 2.24) is 50.0 Å². The molecule has 0 bridgehead atoms. The molecule has 1 aliphatic heterocycles. The third-order valence-corrected chi connectivity index (χ3v) is 13.4. The lowest BCUT2D eigenvalue weighted by Gasteiger charge is -2.28. The standard InChI is InChI=1S/C55H62N12O8/c1-34(2)50(64-47(69)16-5-4-8-28-65-48(70)25-26-49(65)71)44(68)29-38(13-10-27-57-54(56)73)53(72)61-40-21-17-36(18-22-40)32-75-55(74)66(43-23-19-37-12-6-7-14-41(37)43)31-45-62-51(39-20-24-46-58-33-59-67(46)30-39)52(63-45)42-15-9-11-35(3)60-42/h6-7,9,11-12,14-15,17-18,20-22,24-26,30,33-34,38,43,50H,4-5,8,10,13,16,19,23,27-29,31-32H2,1-3H3,(H,61,72)(H,62,63)(H,64,69)(H3,56,57,73)/t38-,43?,50+/m1/s1. The van der Waals surface area contributed by atoms with Crippen molar-refractivity contribution in [2.45, 2.75) is 104 Å². The summed E-state index contributed by atoms with van der Waals surface area (Å²) in [6.45, 7) is 6.05. The van der Waals surface area contributed by atoms with Crippen LogP contribution in [0.5, 0.6) is 0 Å². The van der Waals surface area contributed by atoms with Crippen LogP contribution in [0.1, 0.15) is 99.5 Å². The summed E-state index contributed by atoms with van der Waals surface area (Å²) >= 11 is 0. The van der Waals surface area contributed by atoms with E-state index in [-0.39, 0.29) is 81.0 Å². The minimum absolute atomic E-state index is 0.0671. The number of pyridine rings is 2. The fourth-order valence-corrected chi connectivity index (χ4v) is 9.51. The first-order valence-electron chi connectivity index (χ1n) is 25.3. The highest BCUT2D eigenvalue weighted by Crippen LogP contribution is 2.38. The molecule has 3 atom stereocenters. The van der Waals surface area contributed by atoms with Gasteiger partial charge in [-0.1, -0.05) is 62.7 Å². The monoisotopic (exact) mass is 1020 g/mol. The normalized spacial score (nSPS) is 14.7. The fourth-order valence-electron chi connectivity index (χ4n) is 9.51. The number of nitrogens with one attached hydrogen (secondary N) is 4. The number of H-pyrrole nitrogens is 1. The van der Waals surface area contributed by atoms with Gasteiger partial charge in [-0.25, -0.2) is 24.1 Å². The smallest absolute Gasteiger partial charge is 0.411 e. The van der Waals surface area contributed by atoms with Crippen LogP contribution in [0.2, 0.25) is 0 Å². The van der Waals surface area contributed by atoms with Crippen molar-refractivity contribution in [1.29, 1.82) is 0 Å². The Morgan fingerprint density at radius 1 is 0.907 bits per heavy atom. The third kappa shape index (κ3) is 13.5. The van der Waals surface area contributed by atoms with Gasteiger partial charge in [0.15, 0.2) is 11.4 Å². The zero-order valence-electron chi connectivity index (χ0n) is 42.3. The molecule has 0 saturated heterocycles. The van der Waals surface area contributed by atoms with E-state index in [4.69, 9.17) is 20.4 Å². The molecular weight excluding hydrogens is 957 g/mol. The first kappa shape index (κ1) is 52.8. The summed E-state index contributed by atoms with van der Waals surface area (Å²) in [6, 6.07) is 22.7. The lowest BCUT2D eigenvalue weighted by atomic mass is 9.89. The number of imidazole rings is 1. The molecule has 6 aromatic rings. The van der Waals surface area contributed by atoms with E-state index in [0.717, 1.165) is 33.7 Å². The van der Waals surface area contributed by atoms with Crippen LogP contribution in [0.25, 0.3) is 28.3 Å². The van der Waals surface area contributed by atoms with E-state index in [0.29, 0.717) is 71.9 Å². The number of aromatic nitrogens is 6. The molecule has 0 spiro atoms. The summed E-state index contributed by atoms with van der Waals surface area (Å²) in [5, 5.41) is 12.6. The zero-order valence-corrected chi connectivity index (χ0v) is 42.3. The predicted molar refractivity (Wildman–Crippen MR) is 278 cm³/mol. The summed E-state index contributed by atoms with van der Waals surface area (Å²) in [6.07, 6.45) is 8.98. The van der Waals surface area contributed by atoms with Crippen LogP contribution in [0.4, 0.5) is 15.3 Å². The number of ketones is 1. The Hall–Kier alpha value is -8.55. The number of anilines is 1. The number of hydrogen-bond acceptors (Lipinski definition) is 12. The van der Waals surface area contributed by atoms with Gasteiger partial charge in [0.25, 0.3) is 11.8 Å². The maximum absolute atomic E-state index is 14.4. The minimum Gasteiger partial charge on any atom is -0.445 e. The van der Waals surface area contributed by atoms with Gasteiger partial charge in [0.2, 0.25) is 11.8 Å². The average Bonchev–Trinajstić information content (AvgIpc) is 4.22. The Morgan fingerprint density at radius 2 is 1.69 bits per heavy atom. The van der Waals surface area contributed by atoms with E-state index < -0.39 is 30.0 Å². The van der Waals surface area contributed by atoms with Gasteiger partial charge < -0.3 is 31.4 Å². The van der Waals surface area contributed by atoms with E-state index in [2.05, 4.69) is 37.1 Å². The number of carbonyl (C=O) groups excluding carboxylic acids is 7. The SMILES string of the molecule is Cc1cccc(-c2[nH]c(CN(C(=O)OCc3ccc(NC(=O)[C@H](CCCNC(N)=O)CC(=O)[C@@H](NC(=O)CCCCCN4C(=O)C=CC4=O)C(C)C)cc3)C3CCc4ccccc43)nc2-c2ccc3ncnn3c2)n1. The van der Waals surface area contributed by atoms with Crippen LogP contribution in [0.15, 0.2) is 104 Å². The number of fused-ring (bicyclic) bond motifs is 2. The van der Waals surface area contributed by atoms with E-state index in [9.17, 15) is 33.6 Å². The van der Waals surface area contributed by atoms with Crippen LogP contribution < -0.4 is 21.7 Å². The molecule has 7 amide bonds. The second-order valence-corrected chi connectivity index (χ2v) is 19.2. The van der Waals surface area contributed by atoms with E-state index in [1.165, 1.54) is 18.5 Å². The molecule has 2 aliphatic rings. The topological polar surface area (TPSA) is 269 Å². The van der Waals surface area contributed by atoms with Crippen LogP contribution in [-0.4, -0.2) is 100 Å². The van der Waals surface area contributed by atoms with Gasteiger partial charge in [-0.2, -0.15) is 5.10 Å². The Balaban J connectivity index is 0.914. The summed E-state index contributed by atoms with van der Waals surface area (Å²) in [4.78, 5) is 111. The summed E-state index contributed by atoms with van der Waals surface area (Å²) in [5.41, 5.74) is 12.9. The molecule has 20 nitrogen and oxygen atoms in total. The first-order valence-corrected chi connectivity index (χ1v) is 25.3. The summed E-state index contributed by atoms with van der Waals surface area (Å²) in [5.74, 6) is -2.30. The number of hydrogen-bond donors (Lipinski definition) is 5. The summed E-state index contributed by atoms with van der Waals surface area (Å²) < 4.78 is 7.73. The molecule has 4 aromatic heterocycles. The number of unbranched alkanes of at least 4 members (excludes halogenated alkanes) is 2. The number of carbonyl (C=O) groups is 7. The minimum atomic E-state index is -0.852. The number of benzene rings is 2. The molecule has 5 heterocycles. The highest BCUT2D eigenvalue weighted by atomic mass is 16.6. The van der Waals surface area contributed by atoms with Crippen LogP contribution in [0, 0.1) is 18.8 Å². The highest BCUT2D eigenvalue weighted by molar-refractivity contribution is 6.12. The van der Waals surface area contributed by atoms with Crippen molar-refractivity contribution in [2.75, 3.05) is 18.4 Å². The van der Waals surface area contributed by atoms with Gasteiger partial charge in [-0.3, -0.25) is 38.8 Å². The second-order valence-electron chi connectivity index (χ2n) is 19.2. The molecule has 0 fully saturated rings. The van der Waals surface area contributed by atoms with Crippen LogP contribution in [0.3, 0.4) is 0 Å². The van der Waals surface area contributed by atoms with Crippen molar-refractivity contribution in [2.24, 2.45) is 17.6 Å². The largest absolute Gasteiger partial charge is 0.445 e. The van der Waals surface area contributed by atoms with Crippen molar-refractivity contribution < 1.29 is 38.3 Å². The lowest BCUT2D eigenvalue weighted by molar-refractivity contribution is -0.137. The van der Waals surface area contributed by atoms with E-state index in [1.54, 1.807) is 33.7 Å². The van der Waals surface area contributed by atoms with Gasteiger partial charge in [0.1, 0.15) is 18.8 Å². The zero-order chi connectivity index (χ0) is 53.0. The fraction of sp³-hybridized carbons (Fsp3) is 0.364. The maximum atomic E-state index is 14.4. The van der Waals surface area contributed by atoms with Crippen molar-refractivity contribution >= 4 is 52.9 Å². The van der Waals surface area contributed by atoms with Gasteiger partial charge >= 0.3 is 12.1 Å².